The highest BCUT2D eigenvalue weighted by atomic mass is 125. The first-order valence-corrected chi connectivity index (χ1v) is 10.4. The van der Waals surface area contributed by atoms with Gasteiger partial charge in [-0.1, -0.05) is 19.1 Å². The molecule has 0 aliphatic carbocycles. The quantitative estimate of drug-likeness (QED) is 0.451. The number of para-hydroxylation sites is 1. The van der Waals surface area contributed by atoms with Gasteiger partial charge in [0.15, 0.2) is 11.6 Å². The zero-order valence-electron chi connectivity index (χ0n) is 16.1. The molecule has 152 valence electrons. The van der Waals surface area contributed by atoms with Crippen LogP contribution in [0.2, 0.25) is 0 Å². The second-order valence-electron chi connectivity index (χ2n) is 6.36. The molecule has 1 aromatic heterocycles. The number of hydrogen-bond acceptors (Lipinski definition) is 5. The average molecular weight is 506 g/mol. The SMILES string of the molecule is CCN(CCNC(=O)c1cnc2cc([125I])ccc2n1)CCOc1ccccc1F. The van der Waals surface area contributed by atoms with E-state index in [9.17, 15) is 9.18 Å². The van der Waals surface area contributed by atoms with Crippen LogP contribution in [-0.4, -0.2) is 53.6 Å². The van der Waals surface area contributed by atoms with E-state index in [1.165, 1.54) is 12.3 Å². The lowest BCUT2D eigenvalue weighted by atomic mass is 10.3. The number of halogens is 2. The van der Waals surface area contributed by atoms with Crippen LogP contribution in [0.1, 0.15) is 17.4 Å². The Bertz CT molecular complexity index is 986. The van der Waals surface area contributed by atoms with Gasteiger partial charge < -0.3 is 10.1 Å². The van der Waals surface area contributed by atoms with Crippen LogP contribution in [0, 0.1) is 9.39 Å². The lowest BCUT2D eigenvalue weighted by molar-refractivity contribution is 0.0942. The van der Waals surface area contributed by atoms with E-state index < -0.39 is 0 Å². The topological polar surface area (TPSA) is 67.4 Å². The van der Waals surface area contributed by atoms with Gasteiger partial charge in [-0.15, -0.1) is 0 Å². The Morgan fingerprint density at radius 1 is 1.21 bits per heavy atom. The maximum Gasteiger partial charge on any atom is 0.271 e. The summed E-state index contributed by atoms with van der Waals surface area (Å²) in [7, 11) is 0. The number of amides is 1. The van der Waals surface area contributed by atoms with Crippen molar-refractivity contribution < 1.29 is 13.9 Å². The molecular formula is C21H22FIN4O2. The molecule has 0 bridgehead atoms. The molecule has 0 aliphatic heterocycles. The zero-order chi connectivity index (χ0) is 20.6. The molecule has 0 fully saturated rings. The van der Waals surface area contributed by atoms with Crippen molar-refractivity contribution in [3.05, 3.63) is 63.7 Å². The van der Waals surface area contributed by atoms with E-state index in [0.717, 1.165) is 15.6 Å². The molecular weight excluding hydrogens is 484 g/mol. The fourth-order valence-corrected chi connectivity index (χ4v) is 3.26. The third-order valence-corrected chi connectivity index (χ3v) is 5.07. The second-order valence-corrected chi connectivity index (χ2v) is 7.60. The first kappa shape index (κ1) is 21.4. The number of hydrogen-bond donors (Lipinski definition) is 1. The van der Waals surface area contributed by atoms with Gasteiger partial charge in [0.25, 0.3) is 5.91 Å². The van der Waals surface area contributed by atoms with Crippen molar-refractivity contribution in [1.29, 1.82) is 0 Å². The maximum absolute atomic E-state index is 13.6. The van der Waals surface area contributed by atoms with E-state index in [1.54, 1.807) is 18.2 Å². The highest BCUT2D eigenvalue weighted by Gasteiger charge is 2.10. The van der Waals surface area contributed by atoms with Crippen LogP contribution in [0.15, 0.2) is 48.7 Å². The van der Waals surface area contributed by atoms with Gasteiger partial charge in [-0.25, -0.2) is 9.37 Å². The Morgan fingerprint density at radius 3 is 2.83 bits per heavy atom. The summed E-state index contributed by atoms with van der Waals surface area (Å²) in [6.07, 6.45) is 1.49. The van der Waals surface area contributed by atoms with Gasteiger partial charge >= 0.3 is 0 Å². The predicted octanol–water partition coefficient (Wildman–Crippen LogP) is 3.50. The molecule has 3 aromatic rings. The predicted molar refractivity (Wildman–Crippen MR) is 119 cm³/mol. The van der Waals surface area contributed by atoms with E-state index in [1.807, 2.05) is 25.1 Å². The van der Waals surface area contributed by atoms with E-state index in [-0.39, 0.29) is 17.5 Å². The van der Waals surface area contributed by atoms with Crippen LogP contribution in [0.4, 0.5) is 4.39 Å². The number of carbonyl (C=O) groups excluding carboxylic acids is 1. The van der Waals surface area contributed by atoms with Gasteiger partial charge in [0.1, 0.15) is 12.3 Å². The first-order chi connectivity index (χ1) is 14.1. The van der Waals surface area contributed by atoms with E-state index >= 15 is 0 Å². The van der Waals surface area contributed by atoms with Crippen molar-refractivity contribution in [3.8, 4) is 5.75 Å². The minimum atomic E-state index is -0.367. The fourth-order valence-electron chi connectivity index (χ4n) is 2.79. The summed E-state index contributed by atoms with van der Waals surface area (Å²) in [4.78, 5) is 23.2. The van der Waals surface area contributed by atoms with Crippen molar-refractivity contribution in [3.63, 3.8) is 0 Å². The molecule has 2 aromatic carbocycles. The van der Waals surface area contributed by atoms with Crippen LogP contribution in [0.3, 0.4) is 0 Å². The zero-order valence-corrected chi connectivity index (χ0v) is 18.2. The Balaban J connectivity index is 1.45. The molecule has 0 atom stereocenters. The van der Waals surface area contributed by atoms with E-state index in [2.05, 4.69) is 42.8 Å². The number of carbonyl (C=O) groups is 1. The third-order valence-electron chi connectivity index (χ3n) is 4.40. The minimum Gasteiger partial charge on any atom is -0.489 e. The molecule has 0 aliphatic rings. The Morgan fingerprint density at radius 2 is 2.03 bits per heavy atom. The van der Waals surface area contributed by atoms with Gasteiger partial charge in [0, 0.05) is 23.2 Å². The molecule has 3 rings (SSSR count). The molecule has 29 heavy (non-hydrogen) atoms. The highest BCUT2D eigenvalue weighted by Crippen LogP contribution is 2.15. The van der Waals surface area contributed by atoms with Crippen LogP contribution >= 0.6 is 22.6 Å². The molecule has 1 heterocycles. The molecule has 0 saturated carbocycles. The summed E-state index contributed by atoms with van der Waals surface area (Å²) in [6, 6.07) is 12.1. The van der Waals surface area contributed by atoms with Crippen molar-refractivity contribution in [2.45, 2.75) is 6.92 Å². The standard InChI is InChI=1S/C21H22FIN4O2/c1-2-27(11-12-29-20-6-4-3-5-16(20)22)10-9-24-21(28)19-14-25-18-13-15(23)7-8-17(18)26-19/h3-8,13-14H,2,9-12H2,1H3,(H,24,28)/i23-2. The third kappa shape index (κ3) is 6.07. The molecule has 1 N–H and O–H groups in total. The molecule has 0 spiro atoms. The Kier molecular flexibility index (Phi) is 7.70. The van der Waals surface area contributed by atoms with Gasteiger partial charge in [0.05, 0.1) is 17.2 Å². The van der Waals surface area contributed by atoms with Crippen molar-refractivity contribution in [2.75, 3.05) is 32.8 Å². The Hall–Kier alpha value is -2.33. The highest BCUT2D eigenvalue weighted by molar-refractivity contribution is 14.1. The number of fused-ring (bicyclic) bond motifs is 1. The monoisotopic (exact) mass is 506 g/mol. The second kappa shape index (κ2) is 10.4. The van der Waals surface area contributed by atoms with E-state index in [0.29, 0.717) is 37.5 Å². The molecule has 6 nitrogen and oxygen atoms in total. The number of nitrogens with one attached hydrogen (secondary N) is 1. The van der Waals surface area contributed by atoms with Crippen molar-refractivity contribution in [2.24, 2.45) is 0 Å². The first-order valence-electron chi connectivity index (χ1n) is 9.37. The lowest BCUT2D eigenvalue weighted by Crippen LogP contribution is -2.37. The maximum atomic E-state index is 13.6. The molecule has 8 heteroatoms. The average Bonchev–Trinajstić information content (AvgIpc) is 2.73. The summed E-state index contributed by atoms with van der Waals surface area (Å²) < 4.78 is 20.1. The summed E-state index contributed by atoms with van der Waals surface area (Å²) in [5.41, 5.74) is 1.75. The number of likely N-dealkylation sites (N-methyl/N-ethyl adjacent to an activating group) is 1. The number of benzene rings is 2. The minimum absolute atomic E-state index is 0.251. The number of aromatic nitrogens is 2. The number of ether oxygens (including phenoxy) is 1. The lowest BCUT2D eigenvalue weighted by Gasteiger charge is -2.20. The smallest absolute Gasteiger partial charge is 0.271 e. The molecule has 0 unspecified atom stereocenters. The summed E-state index contributed by atoms with van der Waals surface area (Å²) in [5.74, 6) is -0.368. The summed E-state index contributed by atoms with van der Waals surface area (Å²) >= 11 is 2.21. The van der Waals surface area contributed by atoms with Crippen LogP contribution in [0.25, 0.3) is 11.0 Å². The van der Waals surface area contributed by atoms with Crippen molar-refractivity contribution >= 4 is 39.5 Å². The van der Waals surface area contributed by atoms with E-state index in [4.69, 9.17) is 4.74 Å². The number of nitrogens with zero attached hydrogens (tertiary/aromatic N) is 3. The summed E-state index contributed by atoms with van der Waals surface area (Å²) in [5, 5.41) is 2.87. The largest absolute Gasteiger partial charge is 0.489 e. The molecule has 0 radical (unpaired) electrons. The normalized spacial score (nSPS) is 11.0. The van der Waals surface area contributed by atoms with Gasteiger partial charge in [-0.05, 0) is 59.5 Å². The van der Waals surface area contributed by atoms with Gasteiger partial charge in [0.2, 0.25) is 0 Å². The van der Waals surface area contributed by atoms with Crippen LogP contribution in [0.5, 0.6) is 5.75 Å². The molecule has 1 amide bonds. The van der Waals surface area contributed by atoms with Crippen LogP contribution in [-0.2, 0) is 0 Å². The fraction of sp³-hybridized carbons (Fsp3) is 0.286. The summed E-state index contributed by atoms with van der Waals surface area (Å²) in [6.45, 7) is 4.96. The van der Waals surface area contributed by atoms with Crippen LogP contribution < -0.4 is 10.1 Å². The molecule has 0 saturated heterocycles. The van der Waals surface area contributed by atoms with Crippen molar-refractivity contribution in [1.82, 2.24) is 20.2 Å². The Labute approximate surface area is 182 Å². The van der Waals surface area contributed by atoms with Gasteiger partial charge in [-0.3, -0.25) is 14.7 Å². The number of rotatable bonds is 9. The van der Waals surface area contributed by atoms with Gasteiger partial charge in [-0.2, -0.15) is 0 Å².